The van der Waals surface area contributed by atoms with Crippen LogP contribution >= 0.6 is 0 Å². The monoisotopic (exact) mass is 353 g/mol. The quantitative estimate of drug-likeness (QED) is 0.310. The third-order valence-corrected chi connectivity index (χ3v) is 6.61. The van der Waals surface area contributed by atoms with E-state index in [1.165, 1.54) is 70.2 Å². The van der Waals surface area contributed by atoms with Gasteiger partial charge >= 0.3 is 0 Å². The summed E-state index contributed by atoms with van der Waals surface area (Å²) in [5, 5.41) is 5.18. The molecule has 6 rings (SSSR count). The second-order valence-corrected chi connectivity index (χ2v) is 8.10. The van der Waals surface area contributed by atoms with Crippen LogP contribution in [0.5, 0.6) is 0 Å². The fraction of sp³-hybridized carbons (Fsp3) is 0.280. The van der Waals surface area contributed by atoms with Crippen LogP contribution in [0.15, 0.2) is 59.0 Å². The van der Waals surface area contributed by atoms with E-state index in [1.807, 2.05) is 0 Å². The fourth-order valence-electron chi connectivity index (χ4n) is 5.26. The average Bonchev–Trinajstić information content (AvgIpc) is 3.23. The molecule has 0 radical (unpaired) electrons. The maximum absolute atomic E-state index is 6.34. The predicted molar refractivity (Wildman–Crippen MR) is 114 cm³/mol. The van der Waals surface area contributed by atoms with E-state index in [2.05, 4.69) is 66.2 Å². The van der Waals surface area contributed by atoms with E-state index in [1.54, 1.807) is 0 Å². The van der Waals surface area contributed by atoms with Crippen LogP contribution in [0.25, 0.3) is 43.7 Å². The highest BCUT2D eigenvalue weighted by atomic mass is 16.3. The number of fused-ring (bicyclic) bond motifs is 6. The van der Waals surface area contributed by atoms with Crippen molar-refractivity contribution in [3.8, 4) is 0 Å². The maximum Gasteiger partial charge on any atom is 0.136 e. The van der Waals surface area contributed by atoms with Crippen LogP contribution in [0, 0.1) is 0 Å². The van der Waals surface area contributed by atoms with Gasteiger partial charge in [-0.25, -0.2) is 0 Å². The van der Waals surface area contributed by atoms with Gasteiger partial charge in [-0.2, -0.15) is 0 Å². The summed E-state index contributed by atoms with van der Waals surface area (Å²) in [7, 11) is 2.17. The van der Waals surface area contributed by atoms with Crippen molar-refractivity contribution in [1.82, 2.24) is 4.57 Å². The Kier molecular flexibility index (Phi) is 3.19. The van der Waals surface area contributed by atoms with Crippen molar-refractivity contribution < 1.29 is 4.42 Å². The van der Waals surface area contributed by atoms with Crippen LogP contribution < -0.4 is 0 Å². The normalized spacial score (nSPS) is 16.2. The molecule has 2 nitrogen and oxygen atoms in total. The molecule has 0 bridgehead atoms. The standard InChI is InChI=1S/C25H23NO/c1-26-21-12-6-5-10-18(21)19-15-24-20(14-22(19)26)25-17(11-7-13-23(25)27-24)16-8-3-2-4-9-16/h5-7,10-16H,2-4,8-9H2,1H3. The number of nitrogens with zero attached hydrogens (tertiary/aromatic N) is 1. The topological polar surface area (TPSA) is 18.1 Å². The lowest BCUT2D eigenvalue weighted by Gasteiger charge is -2.22. The van der Waals surface area contributed by atoms with Crippen LogP contribution in [-0.2, 0) is 7.05 Å². The lowest BCUT2D eigenvalue weighted by Crippen LogP contribution is -2.04. The van der Waals surface area contributed by atoms with Gasteiger partial charge in [0.15, 0.2) is 0 Å². The number of para-hydroxylation sites is 1. The van der Waals surface area contributed by atoms with Gasteiger partial charge in [-0.3, -0.25) is 0 Å². The first-order chi connectivity index (χ1) is 13.3. The third-order valence-electron chi connectivity index (χ3n) is 6.61. The van der Waals surface area contributed by atoms with Crippen molar-refractivity contribution >= 4 is 43.7 Å². The van der Waals surface area contributed by atoms with Gasteiger partial charge in [-0.15, -0.1) is 0 Å². The molecule has 0 spiro atoms. The van der Waals surface area contributed by atoms with Crippen LogP contribution in [0.4, 0.5) is 0 Å². The molecule has 0 saturated heterocycles. The Balaban J connectivity index is 1.71. The van der Waals surface area contributed by atoms with E-state index < -0.39 is 0 Å². The van der Waals surface area contributed by atoms with E-state index in [0.29, 0.717) is 5.92 Å². The Labute approximate surface area is 158 Å². The Morgan fingerprint density at radius 1 is 0.778 bits per heavy atom. The first kappa shape index (κ1) is 15.3. The molecule has 134 valence electrons. The Morgan fingerprint density at radius 2 is 1.63 bits per heavy atom. The third kappa shape index (κ3) is 2.13. The Morgan fingerprint density at radius 3 is 2.52 bits per heavy atom. The second-order valence-electron chi connectivity index (χ2n) is 8.10. The smallest absolute Gasteiger partial charge is 0.136 e. The molecule has 1 saturated carbocycles. The van der Waals surface area contributed by atoms with Crippen molar-refractivity contribution in [2.24, 2.45) is 7.05 Å². The van der Waals surface area contributed by atoms with E-state index in [9.17, 15) is 0 Å². The van der Waals surface area contributed by atoms with Gasteiger partial charge in [0, 0.05) is 39.6 Å². The summed E-state index contributed by atoms with van der Waals surface area (Å²) in [6, 6.07) is 19.9. The SMILES string of the molecule is Cn1c2ccccc2c2cc3oc4cccc(C5CCCCC5)c4c3cc21. The molecule has 1 fully saturated rings. The van der Waals surface area contributed by atoms with Crippen molar-refractivity contribution in [1.29, 1.82) is 0 Å². The minimum absolute atomic E-state index is 0.673. The molecule has 3 aromatic carbocycles. The van der Waals surface area contributed by atoms with Gasteiger partial charge < -0.3 is 8.98 Å². The van der Waals surface area contributed by atoms with Gasteiger partial charge in [0.1, 0.15) is 11.2 Å². The summed E-state index contributed by atoms with van der Waals surface area (Å²) >= 11 is 0. The van der Waals surface area contributed by atoms with Gasteiger partial charge in [0.2, 0.25) is 0 Å². The van der Waals surface area contributed by atoms with Gasteiger partial charge in [0.05, 0.1) is 0 Å². The van der Waals surface area contributed by atoms with Crippen LogP contribution in [0.2, 0.25) is 0 Å². The predicted octanol–water partition coefficient (Wildman–Crippen LogP) is 7.28. The molecule has 27 heavy (non-hydrogen) atoms. The first-order valence-corrected chi connectivity index (χ1v) is 10.1. The minimum Gasteiger partial charge on any atom is -0.456 e. The number of rotatable bonds is 1. The molecule has 1 aliphatic rings. The van der Waals surface area contributed by atoms with Crippen molar-refractivity contribution in [3.05, 3.63) is 60.2 Å². The fourth-order valence-corrected chi connectivity index (χ4v) is 5.26. The Bertz CT molecular complexity index is 1310. The number of hydrogen-bond donors (Lipinski definition) is 0. The van der Waals surface area contributed by atoms with E-state index in [0.717, 1.165) is 11.2 Å². The summed E-state index contributed by atoms with van der Waals surface area (Å²) in [6.45, 7) is 0. The number of aromatic nitrogens is 1. The van der Waals surface area contributed by atoms with Crippen LogP contribution in [0.1, 0.15) is 43.6 Å². The molecule has 5 aromatic rings. The zero-order valence-corrected chi connectivity index (χ0v) is 15.7. The van der Waals surface area contributed by atoms with Crippen LogP contribution in [-0.4, -0.2) is 4.57 Å². The van der Waals surface area contributed by atoms with Gasteiger partial charge in [-0.1, -0.05) is 49.6 Å². The number of benzene rings is 3. The lowest BCUT2D eigenvalue weighted by atomic mass is 9.82. The molecule has 0 N–H and O–H groups in total. The van der Waals surface area contributed by atoms with Crippen molar-refractivity contribution in [3.63, 3.8) is 0 Å². The van der Waals surface area contributed by atoms with Crippen molar-refractivity contribution in [2.75, 3.05) is 0 Å². The molecule has 2 heteroatoms. The average molecular weight is 353 g/mol. The highest BCUT2D eigenvalue weighted by Crippen LogP contribution is 2.42. The zero-order chi connectivity index (χ0) is 18.0. The summed E-state index contributed by atoms with van der Waals surface area (Å²) in [5.74, 6) is 0.673. The Hall–Kier alpha value is -2.74. The summed E-state index contributed by atoms with van der Waals surface area (Å²) in [6.07, 6.45) is 6.70. The van der Waals surface area contributed by atoms with Crippen molar-refractivity contribution in [2.45, 2.75) is 38.0 Å². The summed E-state index contributed by atoms with van der Waals surface area (Å²) in [4.78, 5) is 0. The minimum atomic E-state index is 0.673. The van der Waals surface area contributed by atoms with Gasteiger partial charge in [0.25, 0.3) is 0 Å². The maximum atomic E-state index is 6.34. The molecular weight excluding hydrogens is 330 g/mol. The zero-order valence-electron chi connectivity index (χ0n) is 15.7. The first-order valence-electron chi connectivity index (χ1n) is 10.1. The molecule has 0 unspecified atom stereocenters. The highest BCUT2D eigenvalue weighted by Gasteiger charge is 2.21. The molecule has 1 aliphatic carbocycles. The number of hydrogen-bond acceptors (Lipinski definition) is 1. The van der Waals surface area contributed by atoms with E-state index in [-0.39, 0.29) is 0 Å². The van der Waals surface area contributed by atoms with Crippen LogP contribution in [0.3, 0.4) is 0 Å². The molecule has 0 amide bonds. The van der Waals surface area contributed by atoms with E-state index in [4.69, 9.17) is 4.42 Å². The summed E-state index contributed by atoms with van der Waals surface area (Å²) < 4.78 is 8.65. The lowest BCUT2D eigenvalue weighted by molar-refractivity contribution is 0.445. The molecule has 0 atom stereocenters. The molecular formula is C25H23NO. The highest BCUT2D eigenvalue weighted by molar-refractivity contribution is 6.17. The summed E-state index contributed by atoms with van der Waals surface area (Å²) in [5.41, 5.74) is 6.09. The molecule has 2 aromatic heterocycles. The number of furan rings is 1. The van der Waals surface area contributed by atoms with Gasteiger partial charge in [-0.05, 0) is 48.6 Å². The molecule has 0 aliphatic heterocycles. The van der Waals surface area contributed by atoms with E-state index >= 15 is 0 Å². The largest absolute Gasteiger partial charge is 0.456 e. The second kappa shape index (κ2) is 5.63. The number of aryl methyl sites for hydroxylation is 1. The molecule has 2 heterocycles.